The number of aromatic nitrogens is 2. The van der Waals surface area contributed by atoms with Gasteiger partial charge in [-0.1, -0.05) is 0 Å². The van der Waals surface area contributed by atoms with Gasteiger partial charge < -0.3 is 0 Å². The van der Waals surface area contributed by atoms with Crippen LogP contribution in [0.4, 0.5) is 0 Å². The molecule has 1 saturated heterocycles. The van der Waals surface area contributed by atoms with Gasteiger partial charge in [-0.2, -0.15) is 9.40 Å². The van der Waals surface area contributed by atoms with Crippen molar-refractivity contribution in [2.45, 2.75) is 50.5 Å². The molecule has 0 bridgehead atoms. The van der Waals surface area contributed by atoms with Gasteiger partial charge in [0.1, 0.15) is 10.7 Å². The fourth-order valence-corrected chi connectivity index (χ4v) is 5.35. The summed E-state index contributed by atoms with van der Waals surface area (Å²) in [7, 11) is -1.83. The highest BCUT2D eigenvalue weighted by Crippen LogP contribution is 2.41. The van der Waals surface area contributed by atoms with Crippen LogP contribution in [0.15, 0.2) is 4.90 Å². The Morgan fingerprint density at radius 2 is 1.90 bits per heavy atom. The Labute approximate surface area is 125 Å². The summed E-state index contributed by atoms with van der Waals surface area (Å²) >= 11 is 0. The quantitative estimate of drug-likeness (QED) is 0.840. The Morgan fingerprint density at radius 1 is 1.24 bits per heavy atom. The molecule has 6 nitrogen and oxygen atoms in total. The summed E-state index contributed by atoms with van der Waals surface area (Å²) in [5, 5.41) is 4.22. The van der Waals surface area contributed by atoms with Gasteiger partial charge in [-0.15, -0.1) is 0 Å². The van der Waals surface area contributed by atoms with Crippen LogP contribution in [0.2, 0.25) is 0 Å². The van der Waals surface area contributed by atoms with Gasteiger partial charge in [-0.25, -0.2) is 8.42 Å². The Morgan fingerprint density at radius 3 is 2.43 bits per heavy atom. The molecule has 1 aliphatic carbocycles. The molecule has 0 amide bonds. The van der Waals surface area contributed by atoms with E-state index < -0.39 is 10.0 Å². The second-order valence-corrected chi connectivity index (χ2v) is 7.96. The Bertz CT molecular complexity index is 689. The zero-order valence-electron chi connectivity index (χ0n) is 12.7. The molecule has 0 N–H and O–H groups in total. The number of Topliss-reactive ketones (excluding diaryl/α,β-unsaturated/α-hetero) is 1. The summed E-state index contributed by atoms with van der Waals surface area (Å²) in [5.41, 5.74) is 1.18. The number of rotatable bonds is 3. The molecule has 1 aliphatic heterocycles. The first kappa shape index (κ1) is 14.7. The summed E-state index contributed by atoms with van der Waals surface area (Å²) in [6.07, 6.45) is 2.73. The van der Waals surface area contributed by atoms with Crippen molar-refractivity contribution in [3.63, 3.8) is 0 Å². The van der Waals surface area contributed by atoms with Gasteiger partial charge in [0.15, 0.2) is 0 Å². The molecule has 1 saturated carbocycles. The Kier molecular flexibility index (Phi) is 3.44. The third-order valence-electron chi connectivity index (χ3n) is 4.59. The second-order valence-electron chi connectivity index (χ2n) is 6.14. The number of hydrogen-bond acceptors (Lipinski definition) is 4. The molecule has 1 atom stereocenters. The molecule has 0 unspecified atom stereocenters. The van der Waals surface area contributed by atoms with Crippen LogP contribution in [0.1, 0.15) is 37.1 Å². The van der Waals surface area contributed by atoms with Crippen molar-refractivity contribution in [1.29, 1.82) is 0 Å². The molecule has 2 aliphatic rings. The first-order valence-corrected chi connectivity index (χ1v) is 8.80. The number of carbonyl (C=O) groups excluding carboxylic acids is 1. The Hall–Kier alpha value is -1.21. The highest BCUT2D eigenvalue weighted by atomic mass is 32.2. The summed E-state index contributed by atoms with van der Waals surface area (Å²) in [6, 6.07) is -0.157. The van der Waals surface area contributed by atoms with Crippen molar-refractivity contribution < 1.29 is 13.2 Å². The molecule has 3 rings (SSSR count). The van der Waals surface area contributed by atoms with E-state index in [9.17, 15) is 13.2 Å². The lowest BCUT2D eigenvalue weighted by molar-refractivity contribution is -0.122. The van der Waals surface area contributed by atoms with Gasteiger partial charge in [0, 0.05) is 32.5 Å². The third-order valence-corrected chi connectivity index (χ3v) is 6.77. The predicted molar refractivity (Wildman–Crippen MR) is 77.3 cm³/mol. The van der Waals surface area contributed by atoms with E-state index >= 15 is 0 Å². The van der Waals surface area contributed by atoms with Crippen molar-refractivity contribution in [2.24, 2.45) is 13.0 Å². The number of carbonyl (C=O) groups is 1. The fourth-order valence-electron chi connectivity index (χ4n) is 3.26. The second kappa shape index (κ2) is 4.91. The predicted octanol–water partition coefficient (Wildman–Crippen LogP) is 1.17. The molecule has 0 aromatic carbocycles. The molecule has 1 aromatic heterocycles. The lowest BCUT2D eigenvalue weighted by Crippen LogP contribution is -2.47. The van der Waals surface area contributed by atoms with Gasteiger partial charge >= 0.3 is 0 Å². The zero-order valence-corrected chi connectivity index (χ0v) is 13.5. The minimum Gasteiger partial charge on any atom is -0.300 e. The summed E-state index contributed by atoms with van der Waals surface area (Å²) < 4.78 is 29.3. The van der Waals surface area contributed by atoms with Gasteiger partial charge in [0.25, 0.3) is 0 Å². The monoisotopic (exact) mass is 311 g/mol. The lowest BCUT2D eigenvalue weighted by Gasteiger charge is -2.34. The molecule has 116 valence electrons. The summed E-state index contributed by atoms with van der Waals surface area (Å²) in [4.78, 5) is 12.0. The van der Waals surface area contributed by atoms with Crippen molar-refractivity contribution in [2.75, 3.05) is 6.54 Å². The highest BCUT2D eigenvalue weighted by molar-refractivity contribution is 7.89. The van der Waals surface area contributed by atoms with Crippen LogP contribution in [-0.4, -0.2) is 40.9 Å². The van der Waals surface area contributed by atoms with Crippen LogP contribution in [0, 0.1) is 19.8 Å². The van der Waals surface area contributed by atoms with Crippen LogP contribution in [0.5, 0.6) is 0 Å². The van der Waals surface area contributed by atoms with Crippen LogP contribution in [0.25, 0.3) is 0 Å². The van der Waals surface area contributed by atoms with Gasteiger partial charge in [-0.3, -0.25) is 9.48 Å². The Balaban J connectivity index is 2.02. The minimum atomic E-state index is -3.58. The topological polar surface area (TPSA) is 72.3 Å². The van der Waals surface area contributed by atoms with Crippen LogP contribution in [0.3, 0.4) is 0 Å². The molecule has 0 radical (unpaired) electrons. The van der Waals surface area contributed by atoms with E-state index in [1.165, 1.54) is 0 Å². The van der Waals surface area contributed by atoms with Crippen molar-refractivity contribution >= 4 is 15.8 Å². The third kappa shape index (κ3) is 2.42. The molecule has 7 heteroatoms. The first-order valence-electron chi connectivity index (χ1n) is 7.36. The van der Waals surface area contributed by atoms with Crippen LogP contribution in [-0.2, 0) is 21.9 Å². The average molecular weight is 311 g/mol. The smallest absolute Gasteiger partial charge is 0.247 e. The van der Waals surface area contributed by atoms with E-state index in [1.54, 1.807) is 29.9 Å². The maximum atomic E-state index is 13.1. The van der Waals surface area contributed by atoms with Crippen molar-refractivity contribution in [1.82, 2.24) is 14.1 Å². The number of hydrogen-bond donors (Lipinski definition) is 0. The maximum absolute atomic E-state index is 13.1. The number of piperidine rings is 1. The van der Waals surface area contributed by atoms with E-state index in [0.29, 0.717) is 41.6 Å². The SMILES string of the molecule is Cc1nn(C)c(C)c1S(=O)(=O)N1CCC(=O)C[C@@H]1C1CC1. The van der Waals surface area contributed by atoms with E-state index in [0.717, 1.165) is 12.8 Å². The number of ketones is 1. The van der Waals surface area contributed by atoms with E-state index in [4.69, 9.17) is 0 Å². The molecular formula is C14H21N3O3S. The standard InChI is InChI=1S/C14H21N3O3S/c1-9-14(10(2)16(3)15-9)21(19,20)17-7-6-12(18)8-13(17)11-4-5-11/h11,13H,4-8H2,1-3H3/t13-/m1/s1. The average Bonchev–Trinajstić information content (AvgIpc) is 3.18. The molecule has 1 aromatic rings. The lowest BCUT2D eigenvalue weighted by atomic mass is 10.00. The van der Waals surface area contributed by atoms with Crippen LogP contribution >= 0.6 is 0 Å². The maximum Gasteiger partial charge on any atom is 0.247 e. The number of aryl methyl sites for hydroxylation is 2. The van der Waals surface area contributed by atoms with Crippen molar-refractivity contribution in [3.8, 4) is 0 Å². The van der Waals surface area contributed by atoms with Gasteiger partial charge in [-0.05, 0) is 32.6 Å². The molecule has 21 heavy (non-hydrogen) atoms. The first-order chi connectivity index (χ1) is 9.82. The summed E-state index contributed by atoms with van der Waals surface area (Å²) in [5.74, 6) is 0.527. The van der Waals surface area contributed by atoms with Crippen LogP contribution < -0.4 is 0 Å². The minimum absolute atomic E-state index is 0.157. The number of nitrogens with zero attached hydrogens (tertiary/aromatic N) is 3. The van der Waals surface area contributed by atoms with E-state index in [-0.39, 0.29) is 11.8 Å². The van der Waals surface area contributed by atoms with E-state index in [1.807, 2.05) is 0 Å². The molecular weight excluding hydrogens is 290 g/mol. The van der Waals surface area contributed by atoms with Gasteiger partial charge in [0.2, 0.25) is 10.0 Å². The molecule has 2 fully saturated rings. The normalized spacial score (nSPS) is 24.5. The fraction of sp³-hybridized carbons (Fsp3) is 0.714. The van der Waals surface area contributed by atoms with Crippen molar-refractivity contribution in [3.05, 3.63) is 11.4 Å². The van der Waals surface area contributed by atoms with Gasteiger partial charge in [0.05, 0.1) is 11.4 Å². The number of sulfonamides is 1. The molecule has 2 heterocycles. The summed E-state index contributed by atoms with van der Waals surface area (Å²) in [6.45, 7) is 3.80. The van der Waals surface area contributed by atoms with E-state index in [2.05, 4.69) is 5.10 Å². The largest absolute Gasteiger partial charge is 0.300 e. The molecule has 0 spiro atoms. The zero-order chi connectivity index (χ0) is 15.4. The highest BCUT2D eigenvalue weighted by Gasteiger charge is 2.45.